The third-order valence-corrected chi connectivity index (χ3v) is 3.05. The van der Waals surface area contributed by atoms with Crippen molar-refractivity contribution in [1.29, 1.82) is 0 Å². The van der Waals surface area contributed by atoms with Crippen molar-refractivity contribution in [3.05, 3.63) is 53.8 Å². The van der Waals surface area contributed by atoms with Crippen LogP contribution in [-0.4, -0.2) is 25.5 Å². The second-order valence-electron chi connectivity index (χ2n) is 4.60. The summed E-state index contributed by atoms with van der Waals surface area (Å²) in [5, 5.41) is 5.11. The van der Waals surface area contributed by atoms with Gasteiger partial charge in [0, 0.05) is 6.07 Å². The molecular formula is C16H16FN3O3. The quantitative estimate of drug-likeness (QED) is 0.786. The van der Waals surface area contributed by atoms with Gasteiger partial charge in [0.15, 0.2) is 0 Å². The summed E-state index contributed by atoms with van der Waals surface area (Å²) in [6.07, 6.45) is 0. The second-order valence-corrected chi connectivity index (χ2v) is 4.60. The molecule has 0 spiro atoms. The van der Waals surface area contributed by atoms with Gasteiger partial charge in [-0.3, -0.25) is 9.59 Å². The Hall–Kier alpha value is -2.93. The van der Waals surface area contributed by atoms with E-state index in [4.69, 9.17) is 10.5 Å². The van der Waals surface area contributed by atoms with Crippen LogP contribution in [0.1, 0.15) is 10.4 Å². The maximum absolute atomic E-state index is 13.7. The SMILES string of the molecule is COc1ccc(NC(=O)c2ccccc2F)c(NC(=O)CN)c1. The fraction of sp³-hybridized carbons (Fsp3) is 0.125. The summed E-state index contributed by atoms with van der Waals surface area (Å²) in [4.78, 5) is 23.7. The number of benzene rings is 2. The molecule has 120 valence electrons. The lowest BCUT2D eigenvalue weighted by molar-refractivity contribution is -0.114. The highest BCUT2D eigenvalue weighted by molar-refractivity contribution is 6.07. The van der Waals surface area contributed by atoms with Gasteiger partial charge in [0.1, 0.15) is 11.6 Å². The number of anilines is 2. The van der Waals surface area contributed by atoms with Crippen LogP contribution in [0, 0.1) is 5.82 Å². The fourth-order valence-electron chi connectivity index (χ4n) is 1.90. The van der Waals surface area contributed by atoms with Crippen LogP contribution in [0.2, 0.25) is 0 Å². The van der Waals surface area contributed by atoms with Gasteiger partial charge < -0.3 is 21.1 Å². The highest BCUT2D eigenvalue weighted by atomic mass is 19.1. The van der Waals surface area contributed by atoms with Gasteiger partial charge in [0.2, 0.25) is 5.91 Å². The Kier molecular flexibility index (Phi) is 5.27. The van der Waals surface area contributed by atoms with Crippen molar-refractivity contribution in [2.24, 2.45) is 5.73 Å². The number of hydrogen-bond acceptors (Lipinski definition) is 4. The summed E-state index contributed by atoms with van der Waals surface area (Å²) in [6, 6.07) is 10.3. The third-order valence-electron chi connectivity index (χ3n) is 3.05. The van der Waals surface area contributed by atoms with Gasteiger partial charge in [0.05, 0.1) is 30.6 Å². The zero-order chi connectivity index (χ0) is 16.8. The van der Waals surface area contributed by atoms with Gasteiger partial charge >= 0.3 is 0 Å². The monoisotopic (exact) mass is 317 g/mol. The van der Waals surface area contributed by atoms with Crippen molar-refractivity contribution in [1.82, 2.24) is 0 Å². The number of carbonyl (C=O) groups excluding carboxylic acids is 2. The first-order chi connectivity index (χ1) is 11.0. The Balaban J connectivity index is 2.29. The van der Waals surface area contributed by atoms with E-state index in [2.05, 4.69) is 10.6 Å². The van der Waals surface area contributed by atoms with Crippen LogP contribution >= 0.6 is 0 Å². The largest absolute Gasteiger partial charge is 0.497 e. The van der Waals surface area contributed by atoms with Gasteiger partial charge in [-0.1, -0.05) is 12.1 Å². The van der Waals surface area contributed by atoms with Gasteiger partial charge in [-0.2, -0.15) is 0 Å². The van der Waals surface area contributed by atoms with E-state index in [0.717, 1.165) is 0 Å². The molecule has 4 N–H and O–H groups in total. The maximum atomic E-state index is 13.7. The van der Waals surface area contributed by atoms with E-state index in [9.17, 15) is 14.0 Å². The topological polar surface area (TPSA) is 93.5 Å². The number of nitrogens with one attached hydrogen (secondary N) is 2. The molecule has 0 radical (unpaired) electrons. The summed E-state index contributed by atoms with van der Waals surface area (Å²) in [7, 11) is 1.47. The Bertz CT molecular complexity index is 734. The van der Waals surface area contributed by atoms with Crippen molar-refractivity contribution >= 4 is 23.2 Å². The van der Waals surface area contributed by atoms with Gasteiger partial charge in [-0.15, -0.1) is 0 Å². The molecule has 2 amide bonds. The molecule has 0 atom stereocenters. The minimum Gasteiger partial charge on any atom is -0.497 e. The highest BCUT2D eigenvalue weighted by Crippen LogP contribution is 2.27. The molecule has 0 bridgehead atoms. The molecule has 0 aliphatic carbocycles. The molecule has 6 nitrogen and oxygen atoms in total. The van der Waals surface area contributed by atoms with Crippen LogP contribution in [0.3, 0.4) is 0 Å². The van der Waals surface area contributed by atoms with Crippen LogP contribution in [0.15, 0.2) is 42.5 Å². The first-order valence-corrected chi connectivity index (χ1v) is 6.79. The number of hydrogen-bond donors (Lipinski definition) is 3. The molecule has 0 saturated heterocycles. The van der Waals surface area contributed by atoms with Gasteiger partial charge in [-0.25, -0.2) is 4.39 Å². The first kappa shape index (κ1) is 16.4. The van der Waals surface area contributed by atoms with Crippen LogP contribution in [0.4, 0.5) is 15.8 Å². The number of carbonyl (C=O) groups is 2. The average Bonchev–Trinajstić information content (AvgIpc) is 2.56. The number of rotatable bonds is 5. The zero-order valence-electron chi connectivity index (χ0n) is 12.4. The van der Waals surface area contributed by atoms with Crippen molar-refractivity contribution in [3.63, 3.8) is 0 Å². The molecule has 0 fully saturated rings. The van der Waals surface area contributed by atoms with Gasteiger partial charge in [0.25, 0.3) is 5.91 Å². The molecule has 0 unspecified atom stereocenters. The Labute approximate surface area is 132 Å². The predicted molar refractivity (Wildman–Crippen MR) is 85.0 cm³/mol. The van der Waals surface area contributed by atoms with E-state index in [1.54, 1.807) is 18.2 Å². The van der Waals surface area contributed by atoms with Crippen LogP contribution < -0.4 is 21.1 Å². The van der Waals surface area contributed by atoms with Crippen molar-refractivity contribution < 1.29 is 18.7 Å². The lowest BCUT2D eigenvalue weighted by Crippen LogP contribution is -2.23. The van der Waals surface area contributed by atoms with Gasteiger partial charge in [-0.05, 0) is 24.3 Å². The molecule has 2 aromatic rings. The Morgan fingerprint density at radius 1 is 1.13 bits per heavy atom. The molecule has 0 aliphatic rings. The number of nitrogens with two attached hydrogens (primary N) is 1. The van der Waals surface area contributed by atoms with Crippen LogP contribution in [0.25, 0.3) is 0 Å². The minimum atomic E-state index is -0.633. The normalized spacial score (nSPS) is 10.0. The van der Waals surface area contributed by atoms with E-state index in [1.165, 1.54) is 31.4 Å². The number of halogens is 1. The average molecular weight is 317 g/mol. The molecule has 2 aromatic carbocycles. The summed E-state index contributed by atoms with van der Waals surface area (Å²) >= 11 is 0. The van der Waals surface area contributed by atoms with E-state index in [-0.39, 0.29) is 12.1 Å². The summed E-state index contributed by atoms with van der Waals surface area (Å²) in [5.74, 6) is -1.21. The minimum absolute atomic E-state index is 0.0978. The maximum Gasteiger partial charge on any atom is 0.258 e. The Morgan fingerprint density at radius 2 is 1.87 bits per heavy atom. The van der Waals surface area contributed by atoms with Crippen molar-refractivity contribution in [2.45, 2.75) is 0 Å². The lowest BCUT2D eigenvalue weighted by atomic mass is 10.2. The molecular weight excluding hydrogens is 301 g/mol. The van der Waals surface area contributed by atoms with E-state index in [1.807, 2.05) is 0 Å². The molecule has 7 heteroatoms. The highest BCUT2D eigenvalue weighted by Gasteiger charge is 2.14. The first-order valence-electron chi connectivity index (χ1n) is 6.79. The van der Waals surface area contributed by atoms with E-state index < -0.39 is 17.6 Å². The number of ether oxygens (including phenoxy) is 1. The predicted octanol–water partition coefficient (Wildman–Crippen LogP) is 1.98. The molecule has 2 rings (SSSR count). The second kappa shape index (κ2) is 7.37. The van der Waals surface area contributed by atoms with Crippen molar-refractivity contribution in [2.75, 3.05) is 24.3 Å². The number of amides is 2. The third kappa shape index (κ3) is 4.04. The van der Waals surface area contributed by atoms with E-state index >= 15 is 0 Å². The smallest absolute Gasteiger partial charge is 0.258 e. The standard InChI is InChI=1S/C16H16FN3O3/c1-23-10-6-7-13(14(8-10)19-15(21)9-18)20-16(22)11-4-2-3-5-12(11)17/h2-8H,9,18H2,1H3,(H,19,21)(H,20,22). The van der Waals surface area contributed by atoms with Crippen LogP contribution in [0.5, 0.6) is 5.75 Å². The lowest BCUT2D eigenvalue weighted by Gasteiger charge is -2.13. The van der Waals surface area contributed by atoms with Crippen LogP contribution in [-0.2, 0) is 4.79 Å². The Morgan fingerprint density at radius 3 is 2.52 bits per heavy atom. The zero-order valence-corrected chi connectivity index (χ0v) is 12.4. The van der Waals surface area contributed by atoms with Crippen molar-refractivity contribution in [3.8, 4) is 5.75 Å². The molecule has 0 heterocycles. The molecule has 23 heavy (non-hydrogen) atoms. The summed E-state index contributed by atoms with van der Waals surface area (Å²) < 4.78 is 18.7. The summed E-state index contributed by atoms with van der Waals surface area (Å²) in [6.45, 7) is -0.210. The number of methoxy groups -OCH3 is 1. The molecule has 0 aliphatic heterocycles. The molecule has 0 saturated carbocycles. The van der Waals surface area contributed by atoms with E-state index in [0.29, 0.717) is 17.1 Å². The fourth-order valence-corrected chi connectivity index (χ4v) is 1.90. The molecule has 0 aromatic heterocycles. The summed E-state index contributed by atoms with van der Waals surface area (Å²) in [5.41, 5.74) is 5.79.